The first kappa shape index (κ1) is 28.2. The molecule has 6 nitrogen and oxygen atoms in total. The van der Waals surface area contributed by atoms with E-state index in [1.165, 1.54) is 32.1 Å². The van der Waals surface area contributed by atoms with Crippen LogP contribution in [0.5, 0.6) is 0 Å². The van der Waals surface area contributed by atoms with Gasteiger partial charge in [-0.05, 0) is 118 Å². The molecule has 0 aromatic carbocycles. The van der Waals surface area contributed by atoms with E-state index in [1.807, 2.05) is 19.2 Å². The standard InChI is InChI=1S/C34H52N4O2/c1-22(6-11-32(40)38-19-18-37(21-23(38)2)31-14-17-35-24(3)36-31)28-9-10-29-27-8-7-25-20-26(39)12-15-33(25,4)30(27)13-16-34(28,29)5/h7,14,17,22-23,26-30,39H,6,8-13,15-16,18-21H2,1-5H3/t22?,23-,26-,27-,28+,29-,30-,33-,34+/m0/s1. The first-order valence-electron chi connectivity index (χ1n) is 16.3. The second-order valence-electron chi connectivity index (χ2n) is 14.7. The molecule has 6 heteroatoms. The van der Waals surface area contributed by atoms with E-state index in [0.29, 0.717) is 29.1 Å². The Balaban J connectivity index is 1.05. The van der Waals surface area contributed by atoms with E-state index in [0.717, 1.165) is 80.6 Å². The highest BCUT2D eigenvalue weighted by Gasteiger charge is 2.59. The molecule has 6 rings (SSSR count). The zero-order chi connectivity index (χ0) is 28.2. The molecule has 1 amide bonds. The fourth-order valence-corrected chi connectivity index (χ4v) is 10.5. The summed E-state index contributed by atoms with van der Waals surface area (Å²) in [5.41, 5.74) is 2.29. The number of rotatable bonds is 5. The van der Waals surface area contributed by atoms with Crippen molar-refractivity contribution in [1.29, 1.82) is 0 Å². The van der Waals surface area contributed by atoms with Crippen LogP contribution >= 0.6 is 0 Å². The molecular weight excluding hydrogens is 496 g/mol. The van der Waals surface area contributed by atoms with Crippen molar-refractivity contribution >= 4 is 11.7 Å². The molecule has 0 radical (unpaired) electrons. The molecule has 2 heterocycles. The highest BCUT2D eigenvalue weighted by molar-refractivity contribution is 5.77. The maximum atomic E-state index is 13.4. The summed E-state index contributed by atoms with van der Waals surface area (Å²) in [5, 5.41) is 10.3. The number of aryl methyl sites for hydroxylation is 1. The summed E-state index contributed by atoms with van der Waals surface area (Å²) in [4.78, 5) is 26.7. The molecule has 0 spiro atoms. The predicted molar refractivity (Wildman–Crippen MR) is 160 cm³/mol. The van der Waals surface area contributed by atoms with Crippen LogP contribution in [0.2, 0.25) is 0 Å². The van der Waals surface area contributed by atoms with Crippen LogP contribution in [0.25, 0.3) is 0 Å². The number of nitrogens with zero attached hydrogens (tertiary/aromatic N) is 4. The number of aliphatic hydroxyl groups excluding tert-OH is 1. The number of hydrogen-bond acceptors (Lipinski definition) is 5. The van der Waals surface area contributed by atoms with Gasteiger partial charge in [-0.2, -0.15) is 0 Å². The summed E-state index contributed by atoms with van der Waals surface area (Å²) in [6, 6.07) is 2.17. The van der Waals surface area contributed by atoms with Crippen LogP contribution in [0.4, 0.5) is 5.82 Å². The normalized spacial score (nSPS) is 40.1. The van der Waals surface area contributed by atoms with Gasteiger partial charge in [0.15, 0.2) is 0 Å². The lowest BCUT2D eigenvalue weighted by Crippen LogP contribution is -2.54. The Morgan fingerprint density at radius 2 is 1.98 bits per heavy atom. The topological polar surface area (TPSA) is 69.6 Å². The molecule has 220 valence electrons. The van der Waals surface area contributed by atoms with Crippen LogP contribution in [0.3, 0.4) is 0 Å². The molecule has 9 atom stereocenters. The predicted octanol–water partition coefficient (Wildman–Crippen LogP) is 6.18. The Kier molecular flexibility index (Phi) is 7.55. The maximum absolute atomic E-state index is 13.4. The van der Waals surface area contributed by atoms with Crippen molar-refractivity contribution in [3.8, 4) is 0 Å². The summed E-state index contributed by atoms with van der Waals surface area (Å²) in [5.74, 6) is 5.82. The van der Waals surface area contributed by atoms with Crippen molar-refractivity contribution in [3.63, 3.8) is 0 Å². The first-order valence-corrected chi connectivity index (χ1v) is 16.3. The van der Waals surface area contributed by atoms with Gasteiger partial charge in [-0.25, -0.2) is 9.97 Å². The molecule has 4 aliphatic carbocycles. The quantitative estimate of drug-likeness (QED) is 0.445. The Bertz CT molecular complexity index is 1140. The van der Waals surface area contributed by atoms with Crippen LogP contribution in [-0.2, 0) is 4.79 Å². The number of aromatic nitrogens is 2. The number of aliphatic hydroxyl groups is 1. The first-order chi connectivity index (χ1) is 19.1. The van der Waals surface area contributed by atoms with Crippen molar-refractivity contribution in [2.75, 3.05) is 24.5 Å². The number of piperazine rings is 1. The van der Waals surface area contributed by atoms with Gasteiger partial charge < -0.3 is 14.9 Å². The van der Waals surface area contributed by atoms with Crippen molar-refractivity contribution in [2.45, 2.75) is 111 Å². The SMILES string of the molecule is Cc1nccc(N2CCN(C(=O)CCC(C)[C@H]3CC[C@H]4[C@@H]5CC=C6C[C@@H](O)CC[C@]6(C)[C@H]5CC[C@]34C)[C@@H](C)C2)n1. The van der Waals surface area contributed by atoms with Crippen molar-refractivity contribution in [2.24, 2.45) is 40.4 Å². The zero-order valence-electron chi connectivity index (χ0n) is 25.6. The third-order valence-electron chi connectivity index (χ3n) is 12.7. The molecule has 1 aromatic rings. The van der Waals surface area contributed by atoms with E-state index < -0.39 is 0 Å². The molecule has 1 unspecified atom stereocenters. The second kappa shape index (κ2) is 10.7. The molecule has 4 fully saturated rings. The van der Waals surface area contributed by atoms with Crippen LogP contribution in [0.1, 0.15) is 97.7 Å². The number of carbonyl (C=O) groups is 1. The van der Waals surface area contributed by atoms with Crippen LogP contribution in [-0.4, -0.2) is 57.7 Å². The van der Waals surface area contributed by atoms with Gasteiger partial charge in [0.25, 0.3) is 0 Å². The summed E-state index contributed by atoms with van der Waals surface area (Å²) in [7, 11) is 0. The molecular formula is C34H52N4O2. The fourth-order valence-electron chi connectivity index (χ4n) is 10.5. The highest BCUT2D eigenvalue weighted by atomic mass is 16.3. The fraction of sp³-hybridized carbons (Fsp3) is 0.794. The van der Waals surface area contributed by atoms with Gasteiger partial charge in [0, 0.05) is 38.3 Å². The Morgan fingerprint density at radius 1 is 1.15 bits per heavy atom. The Morgan fingerprint density at radius 3 is 2.75 bits per heavy atom. The largest absolute Gasteiger partial charge is 0.393 e. The van der Waals surface area contributed by atoms with E-state index >= 15 is 0 Å². The lowest BCUT2D eigenvalue weighted by molar-refractivity contribution is -0.134. The number of hydrogen-bond donors (Lipinski definition) is 1. The Hall–Kier alpha value is -1.95. The molecule has 1 N–H and O–H groups in total. The highest BCUT2D eigenvalue weighted by Crippen LogP contribution is 2.67. The third kappa shape index (κ3) is 4.80. The van der Waals surface area contributed by atoms with Gasteiger partial charge in [0.05, 0.1) is 6.10 Å². The molecule has 1 saturated heterocycles. The van der Waals surface area contributed by atoms with Crippen molar-refractivity contribution in [1.82, 2.24) is 14.9 Å². The average Bonchev–Trinajstić information content (AvgIpc) is 3.29. The number of fused-ring (bicyclic) bond motifs is 5. The number of allylic oxidation sites excluding steroid dienone is 1. The minimum absolute atomic E-state index is 0.126. The monoisotopic (exact) mass is 548 g/mol. The zero-order valence-corrected chi connectivity index (χ0v) is 25.6. The minimum Gasteiger partial charge on any atom is -0.393 e. The van der Waals surface area contributed by atoms with Crippen LogP contribution in [0.15, 0.2) is 23.9 Å². The summed E-state index contributed by atoms with van der Waals surface area (Å²) in [6.07, 6.45) is 15.6. The van der Waals surface area contributed by atoms with E-state index in [-0.39, 0.29) is 12.1 Å². The van der Waals surface area contributed by atoms with E-state index in [1.54, 1.807) is 5.57 Å². The van der Waals surface area contributed by atoms with Gasteiger partial charge in [-0.3, -0.25) is 4.79 Å². The summed E-state index contributed by atoms with van der Waals surface area (Å²) < 4.78 is 0. The van der Waals surface area contributed by atoms with E-state index in [4.69, 9.17) is 0 Å². The van der Waals surface area contributed by atoms with Gasteiger partial charge >= 0.3 is 0 Å². The van der Waals surface area contributed by atoms with Crippen LogP contribution in [0, 0.1) is 47.3 Å². The minimum atomic E-state index is -0.126. The van der Waals surface area contributed by atoms with Crippen molar-refractivity contribution < 1.29 is 9.90 Å². The molecule has 1 aromatic heterocycles. The van der Waals surface area contributed by atoms with Crippen molar-refractivity contribution in [3.05, 3.63) is 29.7 Å². The van der Waals surface area contributed by atoms with E-state index in [9.17, 15) is 9.90 Å². The van der Waals surface area contributed by atoms with Gasteiger partial charge in [0.2, 0.25) is 5.91 Å². The smallest absolute Gasteiger partial charge is 0.222 e. The second-order valence-corrected chi connectivity index (χ2v) is 14.7. The molecule has 3 saturated carbocycles. The number of anilines is 1. The summed E-state index contributed by atoms with van der Waals surface area (Å²) in [6.45, 7) is 14.1. The number of carbonyl (C=O) groups excluding carboxylic acids is 1. The molecule has 1 aliphatic heterocycles. The Labute approximate surface area is 242 Å². The molecule has 5 aliphatic rings. The van der Waals surface area contributed by atoms with Gasteiger partial charge in [-0.1, -0.05) is 32.4 Å². The average molecular weight is 549 g/mol. The molecule has 40 heavy (non-hydrogen) atoms. The lowest BCUT2D eigenvalue weighted by Gasteiger charge is -2.58. The maximum Gasteiger partial charge on any atom is 0.222 e. The van der Waals surface area contributed by atoms with Crippen LogP contribution < -0.4 is 4.90 Å². The summed E-state index contributed by atoms with van der Waals surface area (Å²) >= 11 is 0. The lowest BCUT2D eigenvalue weighted by atomic mass is 9.47. The van der Waals surface area contributed by atoms with Gasteiger partial charge in [0.1, 0.15) is 11.6 Å². The van der Waals surface area contributed by atoms with E-state index in [2.05, 4.69) is 53.5 Å². The third-order valence-corrected chi connectivity index (χ3v) is 12.7. The molecule has 0 bridgehead atoms. The number of amides is 1. The van der Waals surface area contributed by atoms with Gasteiger partial charge in [-0.15, -0.1) is 0 Å².